The molecule has 1 saturated heterocycles. The van der Waals surface area contributed by atoms with E-state index in [0.717, 1.165) is 11.8 Å². The Morgan fingerprint density at radius 2 is 1.36 bits per heavy atom. The number of carbonyl (C=O) groups excluding carboxylic acids is 3. The molecular formula is C31H26N4O6S. The van der Waals surface area contributed by atoms with Crippen LogP contribution in [0.2, 0.25) is 0 Å². The van der Waals surface area contributed by atoms with Gasteiger partial charge in [0.1, 0.15) is 5.57 Å². The Labute approximate surface area is 242 Å². The summed E-state index contributed by atoms with van der Waals surface area (Å²) in [6, 6.07) is 27.7. The molecule has 11 heteroatoms. The van der Waals surface area contributed by atoms with Crippen LogP contribution in [0.25, 0.3) is 6.08 Å². The molecule has 4 aromatic carbocycles. The van der Waals surface area contributed by atoms with Gasteiger partial charge in [-0.05, 0) is 66.2 Å². The maximum absolute atomic E-state index is 13.8. The average molecular weight is 583 g/mol. The first-order valence-corrected chi connectivity index (χ1v) is 14.2. The molecule has 0 atom stereocenters. The summed E-state index contributed by atoms with van der Waals surface area (Å²) in [6.45, 7) is 0. The molecule has 0 saturated carbocycles. The number of para-hydroxylation sites is 2. The fraction of sp³-hybridized carbons (Fsp3) is 0.0645. The maximum atomic E-state index is 13.8. The number of amides is 3. The number of nitrogens with one attached hydrogen (secondary N) is 1. The first-order valence-electron chi connectivity index (χ1n) is 12.8. The van der Waals surface area contributed by atoms with Crippen molar-refractivity contribution >= 4 is 56.7 Å². The van der Waals surface area contributed by atoms with Gasteiger partial charge >= 0.3 is 0 Å². The molecule has 4 aromatic rings. The number of carbonyl (C=O) groups is 3. The van der Waals surface area contributed by atoms with Gasteiger partial charge in [-0.2, -0.15) is 8.42 Å². The molecule has 3 amide bonds. The highest BCUT2D eigenvalue weighted by Gasteiger charge is 2.43. The highest BCUT2D eigenvalue weighted by atomic mass is 32.2. The predicted octanol–water partition coefficient (Wildman–Crippen LogP) is 4.63. The molecule has 0 aliphatic carbocycles. The van der Waals surface area contributed by atoms with Crippen LogP contribution in [0.5, 0.6) is 0 Å². The topological polar surface area (TPSA) is 127 Å². The zero-order valence-electron chi connectivity index (χ0n) is 22.6. The van der Waals surface area contributed by atoms with E-state index in [1.165, 1.54) is 34.3 Å². The van der Waals surface area contributed by atoms with Crippen LogP contribution < -0.4 is 20.2 Å². The van der Waals surface area contributed by atoms with Crippen molar-refractivity contribution in [2.45, 2.75) is 4.90 Å². The minimum absolute atomic E-state index is 0.0162. The fourth-order valence-corrected chi connectivity index (χ4v) is 4.96. The Balaban J connectivity index is 1.58. The number of anilines is 4. The molecule has 0 unspecified atom stereocenters. The molecule has 0 radical (unpaired) electrons. The van der Waals surface area contributed by atoms with Gasteiger partial charge in [0.25, 0.3) is 27.8 Å². The lowest BCUT2D eigenvalue weighted by molar-refractivity contribution is -0.116. The molecule has 0 aromatic heterocycles. The van der Waals surface area contributed by atoms with E-state index in [4.69, 9.17) is 0 Å². The predicted molar refractivity (Wildman–Crippen MR) is 161 cm³/mol. The van der Waals surface area contributed by atoms with E-state index in [1.54, 1.807) is 66.7 Å². The van der Waals surface area contributed by atoms with Crippen molar-refractivity contribution in [3.8, 4) is 0 Å². The van der Waals surface area contributed by atoms with Crippen LogP contribution in [-0.4, -0.2) is 44.8 Å². The monoisotopic (exact) mass is 582 g/mol. The molecule has 42 heavy (non-hydrogen) atoms. The van der Waals surface area contributed by atoms with Crippen LogP contribution in [-0.2, 0) is 19.7 Å². The third-order valence-corrected chi connectivity index (χ3v) is 7.39. The first kappa shape index (κ1) is 28.3. The standard InChI is InChI=1S/C31H26N4O6S/c1-33(2)25-17-16-21(28(20-25)32-29(36)22-10-9-15-26(18-22)42(39,40)41)19-27-30(37)34(23-11-5-3-6-12-23)35(31(27)38)24-13-7-4-8-14-24/h3-20H,1-2H3,(H,32,36)(H,39,40,41). The van der Waals surface area contributed by atoms with Gasteiger partial charge in [-0.25, -0.2) is 10.0 Å². The average Bonchev–Trinajstić information content (AvgIpc) is 3.23. The number of hydrogen-bond donors (Lipinski definition) is 2. The van der Waals surface area contributed by atoms with E-state index >= 15 is 0 Å². The third-order valence-electron chi connectivity index (χ3n) is 6.54. The second-order valence-corrected chi connectivity index (χ2v) is 11.0. The summed E-state index contributed by atoms with van der Waals surface area (Å²) in [5, 5.41) is 5.36. The maximum Gasteiger partial charge on any atom is 0.294 e. The van der Waals surface area contributed by atoms with E-state index in [-0.39, 0.29) is 16.8 Å². The second kappa shape index (κ2) is 11.3. The van der Waals surface area contributed by atoms with E-state index in [1.807, 2.05) is 31.1 Å². The molecule has 1 heterocycles. The Morgan fingerprint density at radius 1 is 0.786 bits per heavy atom. The van der Waals surface area contributed by atoms with Crippen molar-refractivity contribution in [1.29, 1.82) is 0 Å². The summed E-state index contributed by atoms with van der Waals surface area (Å²) in [7, 11) is -0.895. The number of hydrazine groups is 1. The third kappa shape index (κ3) is 5.64. The van der Waals surface area contributed by atoms with Crippen molar-refractivity contribution in [2.75, 3.05) is 34.3 Å². The van der Waals surface area contributed by atoms with Crippen LogP contribution in [0.15, 0.2) is 114 Å². The Bertz CT molecular complexity index is 1760. The number of benzene rings is 4. The van der Waals surface area contributed by atoms with Gasteiger partial charge in [0.15, 0.2) is 0 Å². The Morgan fingerprint density at radius 3 is 1.88 bits per heavy atom. The molecule has 1 fully saturated rings. The van der Waals surface area contributed by atoms with E-state index < -0.39 is 32.7 Å². The minimum Gasteiger partial charge on any atom is -0.378 e. The lowest BCUT2D eigenvalue weighted by Gasteiger charge is -2.27. The van der Waals surface area contributed by atoms with Crippen LogP contribution in [0.1, 0.15) is 15.9 Å². The zero-order chi connectivity index (χ0) is 30.0. The van der Waals surface area contributed by atoms with Crippen molar-refractivity contribution in [3.05, 3.63) is 120 Å². The lowest BCUT2D eigenvalue weighted by atomic mass is 10.1. The van der Waals surface area contributed by atoms with Gasteiger partial charge < -0.3 is 10.2 Å². The Kier molecular flexibility index (Phi) is 7.62. The van der Waals surface area contributed by atoms with Gasteiger partial charge in [0, 0.05) is 25.3 Å². The molecule has 2 N–H and O–H groups in total. The summed E-state index contributed by atoms with van der Waals surface area (Å²) in [5.41, 5.74) is 2.24. The summed E-state index contributed by atoms with van der Waals surface area (Å²) in [5.74, 6) is -1.76. The summed E-state index contributed by atoms with van der Waals surface area (Å²) < 4.78 is 32.6. The zero-order valence-corrected chi connectivity index (χ0v) is 23.4. The van der Waals surface area contributed by atoms with Crippen LogP contribution >= 0.6 is 0 Å². The van der Waals surface area contributed by atoms with Crippen molar-refractivity contribution in [1.82, 2.24) is 0 Å². The van der Waals surface area contributed by atoms with Gasteiger partial charge in [0.05, 0.1) is 22.0 Å². The van der Waals surface area contributed by atoms with Gasteiger partial charge in [0.2, 0.25) is 0 Å². The second-order valence-electron chi connectivity index (χ2n) is 9.59. The molecule has 0 spiro atoms. The van der Waals surface area contributed by atoms with Crippen LogP contribution in [0, 0.1) is 0 Å². The molecule has 1 aliphatic heterocycles. The van der Waals surface area contributed by atoms with E-state index in [9.17, 15) is 27.4 Å². The van der Waals surface area contributed by atoms with E-state index in [0.29, 0.717) is 16.9 Å². The van der Waals surface area contributed by atoms with Crippen molar-refractivity contribution < 1.29 is 27.4 Å². The van der Waals surface area contributed by atoms with Gasteiger partial charge in [-0.1, -0.05) is 48.5 Å². The normalized spacial score (nSPS) is 13.4. The molecule has 0 bridgehead atoms. The summed E-state index contributed by atoms with van der Waals surface area (Å²) in [4.78, 5) is 42.1. The minimum atomic E-state index is -4.52. The van der Waals surface area contributed by atoms with Crippen molar-refractivity contribution in [3.63, 3.8) is 0 Å². The summed E-state index contributed by atoms with van der Waals surface area (Å²) in [6.07, 6.45) is 1.42. The number of rotatable bonds is 7. The van der Waals surface area contributed by atoms with Crippen LogP contribution in [0.4, 0.5) is 22.7 Å². The first-order chi connectivity index (χ1) is 20.0. The molecule has 212 valence electrons. The summed E-state index contributed by atoms with van der Waals surface area (Å²) >= 11 is 0. The highest BCUT2D eigenvalue weighted by Crippen LogP contribution is 2.34. The highest BCUT2D eigenvalue weighted by molar-refractivity contribution is 7.85. The van der Waals surface area contributed by atoms with Crippen LogP contribution in [0.3, 0.4) is 0 Å². The van der Waals surface area contributed by atoms with Gasteiger partial charge in [-0.15, -0.1) is 0 Å². The smallest absolute Gasteiger partial charge is 0.294 e. The lowest BCUT2D eigenvalue weighted by Crippen LogP contribution is -2.41. The molecule has 1 aliphatic rings. The number of hydrogen-bond acceptors (Lipinski definition) is 6. The fourth-order valence-electron chi connectivity index (χ4n) is 4.43. The molecular weight excluding hydrogens is 556 g/mol. The molecule has 10 nitrogen and oxygen atoms in total. The largest absolute Gasteiger partial charge is 0.378 e. The van der Waals surface area contributed by atoms with Gasteiger partial charge in [-0.3, -0.25) is 18.9 Å². The van der Waals surface area contributed by atoms with Crippen molar-refractivity contribution in [2.24, 2.45) is 0 Å². The quantitative estimate of drug-likeness (QED) is 0.185. The van der Waals surface area contributed by atoms with E-state index in [2.05, 4.69) is 5.32 Å². The Hall–Kier alpha value is -5.26. The SMILES string of the molecule is CN(C)c1ccc(C=C2C(=O)N(c3ccccc3)N(c3ccccc3)C2=O)c(NC(=O)c2cccc(S(=O)(=O)O)c2)c1. The number of nitrogens with zero attached hydrogens (tertiary/aromatic N) is 3. The molecule has 5 rings (SSSR count).